The molecule has 0 saturated carbocycles. The van der Waals surface area contributed by atoms with Crippen molar-refractivity contribution in [1.29, 1.82) is 0 Å². The van der Waals surface area contributed by atoms with E-state index in [1.807, 2.05) is 48.5 Å². The summed E-state index contributed by atoms with van der Waals surface area (Å²) in [7, 11) is 0. The molecule has 3 aromatic rings. The number of benzene rings is 2. The van der Waals surface area contributed by atoms with Gasteiger partial charge in [-0.05, 0) is 29.8 Å². The molecule has 0 radical (unpaired) electrons. The Morgan fingerprint density at radius 3 is 2.65 bits per heavy atom. The van der Waals surface area contributed by atoms with Gasteiger partial charge in [-0.25, -0.2) is 4.98 Å². The van der Waals surface area contributed by atoms with Crippen molar-refractivity contribution in [2.24, 2.45) is 0 Å². The standard InChI is InChI=1S/C14H10ClNO/c15-9-10-6-7-13-12(8-10)16-14(17-13)11-4-2-1-3-5-11/h1-8H,9H2. The number of halogens is 1. The molecule has 84 valence electrons. The third kappa shape index (κ3) is 1.92. The first-order chi connectivity index (χ1) is 8.36. The molecule has 0 bridgehead atoms. The van der Waals surface area contributed by atoms with E-state index >= 15 is 0 Å². The lowest BCUT2D eigenvalue weighted by Crippen LogP contribution is -1.77. The van der Waals surface area contributed by atoms with E-state index in [2.05, 4.69) is 4.98 Å². The second kappa shape index (κ2) is 4.22. The summed E-state index contributed by atoms with van der Waals surface area (Å²) in [4.78, 5) is 4.47. The van der Waals surface area contributed by atoms with Gasteiger partial charge in [0.1, 0.15) is 5.52 Å². The van der Waals surface area contributed by atoms with Crippen molar-refractivity contribution in [1.82, 2.24) is 4.98 Å². The lowest BCUT2D eigenvalue weighted by Gasteiger charge is -1.91. The van der Waals surface area contributed by atoms with Crippen molar-refractivity contribution >= 4 is 22.7 Å². The Bertz CT molecular complexity index is 646. The van der Waals surface area contributed by atoms with Gasteiger partial charge in [-0.1, -0.05) is 24.3 Å². The maximum absolute atomic E-state index is 5.79. The molecule has 0 aliphatic heterocycles. The third-order valence-corrected chi connectivity index (χ3v) is 2.94. The summed E-state index contributed by atoms with van der Waals surface area (Å²) in [6.07, 6.45) is 0. The number of aromatic nitrogens is 1. The highest BCUT2D eigenvalue weighted by molar-refractivity contribution is 6.17. The summed E-state index contributed by atoms with van der Waals surface area (Å²) in [5.74, 6) is 1.14. The first-order valence-corrected chi connectivity index (χ1v) is 5.91. The fourth-order valence-corrected chi connectivity index (χ4v) is 1.93. The summed E-state index contributed by atoms with van der Waals surface area (Å²) in [6, 6.07) is 15.7. The minimum atomic E-state index is 0.490. The van der Waals surface area contributed by atoms with E-state index in [-0.39, 0.29) is 0 Å². The molecular formula is C14H10ClNO. The maximum Gasteiger partial charge on any atom is 0.227 e. The third-order valence-electron chi connectivity index (χ3n) is 2.63. The number of hydrogen-bond acceptors (Lipinski definition) is 2. The van der Waals surface area contributed by atoms with Crippen LogP contribution >= 0.6 is 11.6 Å². The van der Waals surface area contributed by atoms with Gasteiger partial charge in [0.2, 0.25) is 5.89 Å². The Labute approximate surface area is 104 Å². The van der Waals surface area contributed by atoms with E-state index in [0.717, 1.165) is 22.2 Å². The first-order valence-electron chi connectivity index (χ1n) is 5.37. The van der Waals surface area contributed by atoms with E-state index in [0.29, 0.717) is 11.8 Å². The van der Waals surface area contributed by atoms with Gasteiger partial charge in [0.05, 0.1) is 0 Å². The molecule has 0 aliphatic carbocycles. The summed E-state index contributed by atoms with van der Waals surface area (Å²) in [6.45, 7) is 0. The SMILES string of the molecule is ClCc1ccc2oc(-c3ccccc3)nc2c1. The fourth-order valence-electron chi connectivity index (χ4n) is 1.76. The molecule has 1 aromatic heterocycles. The van der Waals surface area contributed by atoms with Crippen molar-refractivity contribution in [3.63, 3.8) is 0 Å². The van der Waals surface area contributed by atoms with E-state index in [1.54, 1.807) is 0 Å². The molecule has 3 heteroatoms. The van der Waals surface area contributed by atoms with Gasteiger partial charge < -0.3 is 4.42 Å². The van der Waals surface area contributed by atoms with Crippen LogP contribution in [0, 0.1) is 0 Å². The topological polar surface area (TPSA) is 26.0 Å². The molecule has 0 amide bonds. The van der Waals surface area contributed by atoms with Crippen molar-refractivity contribution in [3.8, 4) is 11.5 Å². The van der Waals surface area contributed by atoms with E-state index in [4.69, 9.17) is 16.0 Å². The number of rotatable bonds is 2. The molecule has 0 N–H and O–H groups in total. The molecule has 17 heavy (non-hydrogen) atoms. The number of hydrogen-bond donors (Lipinski definition) is 0. The van der Waals surface area contributed by atoms with Crippen LogP contribution in [-0.2, 0) is 5.88 Å². The maximum atomic E-state index is 5.79. The number of nitrogens with zero attached hydrogens (tertiary/aromatic N) is 1. The van der Waals surface area contributed by atoms with Crippen molar-refractivity contribution < 1.29 is 4.42 Å². The molecule has 0 atom stereocenters. The lowest BCUT2D eigenvalue weighted by atomic mass is 10.2. The van der Waals surface area contributed by atoms with Crippen LogP contribution in [-0.4, -0.2) is 4.98 Å². The Morgan fingerprint density at radius 2 is 1.88 bits per heavy atom. The summed E-state index contributed by atoms with van der Waals surface area (Å²) >= 11 is 5.79. The fraction of sp³-hybridized carbons (Fsp3) is 0.0714. The minimum Gasteiger partial charge on any atom is -0.436 e. The molecule has 2 aromatic carbocycles. The lowest BCUT2D eigenvalue weighted by molar-refractivity contribution is 0.620. The minimum absolute atomic E-state index is 0.490. The second-order valence-corrected chi connectivity index (χ2v) is 4.09. The zero-order valence-corrected chi connectivity index (χ0v) is 9.82. The molecule has 1 heterocycles. The Hall–Kier alpha value is -1.80. The zero-order valence-electron chi connectivity index (χ0n) is 9.06. The highest BCUT2D eigenvalue weighted by Gasteiger charge is 2.07. The zero-order chi connectivity index (χ0) is 11.7. The van der Waals surface area contributed by atoms with Gasteiger partial charge >= 0.3 is 0 Å². The van der Waals surface area contributed by atoms with Crippen molar-refractivity contribution in [2.45, 2.75) is 5.88 Å². The Kier molecular flexibility index (Phi) is 2.57. The summed E-state index contributed by atoms with van der Waals surface area (Å²) in [5.41, 5.74) is 3.67. The number of fused-ring (bicyclic) bond motifs is 1. The van der Waals surface area contributed by atoms with Gasteiger partial charge in [-0.3, -0.25) is 0 Å². The van der Waals surface area contributed by atoms with Crippen LogP contribution in [0.3, 0.4) is 0 Å². The Morgan fingerprint density at radius 1 is 1.06 bits per heavy atom. The van der Waals surface area contributed by atoms with Crippen LogP contribution in [0.1, 0.15) is 5.56 Å². The van der Waals surface area contributed by atoms with Crippen LogP contribution in [0.2, 0.25) is 0 Å². The molecular weight excluding hydrogens is 234 g/mol. The van der Waals surface area contributed by atoms with Crippen LogP contribution in [0.4, 0.5) is 0 Å². The average molecular weight is 244 g/mol. The van der Waals surface area contributed by atoms with Crippen molar-refractivity contribution in [2.75, 3.05) is 0 Å². The predicted octanol–water partition coefficient (Wildman–Crippen LogP) is 4.23. The van der Waals surface area contributed by atoms with Gasteiger partial charge in [-0.2, -0.15) is 0 Å². The van der Waals surface area contributed by atoms with Crippen LogP contribution in [0.5, 0.6) is 0 Å². The smallest absolute Gasteiger partial charge is 0.227 e. The van der Waals surface area contributed by atoms with Gasteiger partial charge in [-0.15, -0.1) is 11.6 Å². The van der Waals surface area contributed by atoms with E-state index in [9.17, 15) is 0 Å². The van der Waals surface area contributed by atoms with Crippen LogP contribution in [0.15, 0.2) is 52.9 Å². The molecule has 0 fully saturated rings. The first kappa shape index (κ1) is 10.4. The number of alkyl halides is 1. The predicted molar refractivity (Wildman–Crippen MR) is 69.0 cm³/mol. The van der Waals surface area contributed by atoms with Crippen LogP contribution in [0.25, 0.3) is 22.6 Å². The monoisotopic (exact) mass is 243 g/mol. The molecule has 0 spiro atoms. The normalized spacial score (nSPS) is 10.9. The highest BCUT2D eigenvalue weighted by Crippen LogP contribution is 2.24. The largest absolute Gasteiger partial charge is 0.436 e. The van der Waals surface area contributed by atoms with Gasteiger partial charge in [0, 0.05) is 11.4 Å². The van der Waals surface area contributed by atoms with Crippen molar-refractivity contribution in [3.05, 3.63) is 54.1 Å². The van der Waals surface area contributed by atoms with E-state index < -0.39 is 0 Å². The summed E-state index contributed by atoms with van der Waals surface area (Å²) < 4.78 is 5.70. The van der Waals surface area contributed by atoms with E-state index in [1.165, 1.54) is 0 Å². The van der Waals surface area contributed by atoms with Crippen LogP contribution < -0.4 is 0 Å². The molecule has 0 unspecified atom stereocenters. The molecule has 2 nitrogen and oxygen atoms in total. The molecule has 3 rings (SSSR count). The molecule has 0 saturated heterocycles. The summed E-state index contributed by atoms with van der Waals surface area (Å²) in [5, 5.41) is 0. The van der Waals surface area contributed by atoms with Gasteiger partial charge in [0.25, 0.3) is 0 Å². The molecule has 0 aliphatic rings. The highest BCUT2D eigenvalue weighted by atomic mass is 35.5. The average Bonchev–Trinajstić information content (AvgIpc) is 2.82. The second-order valence-electron chi connectivity index (χ2n) is 3.82. The van der Waals surface area contributed by atoms with Gasteiger partial charge in [0.15, 0.2) is 5.58 Å². The number of oxazole rings is 1. The quantitative estimate of drug-likeness (QED) is 0.630. The Balaban J connectivity index is 2.14.